The summed E-state index contributed by atoms with van der Waals surface area (Å²) in [7, 11) is 0. The molecule has 0 bridgehead atoms. The highest BCUT2D eigenvalue weighted by molar-refractivity contribution is 5.99. The monoisotopic (exact) mass is 238 g/mol. The van der Waals surface area contributed by atoms with Crippen LogP contribution in [0.1, 0.15) is 24.2 Å². The van der Waals surface area contributed by atoms with E-state index in [1.165, 1.54) is 18.2 Å². The van der Waals surface area contributed by atoms with Gasteiger partial charge in [-0.2, -0.15) is 0 Å². The molecule has 0 saturated carbocycles. The molecule has 1 aromatic rings. The molecule has 0 atom stereocenters. The molecule has 0 aliphatic carbocycles. The van der Waals surface area contributed by atoms with Crippen LogP contribution in [0.2, 0.25) is 0 Å². The van der Waals surface area contributed by atoms with Crippen molar-refractivity contribution in [3.05, 3.63) is 23.8 Å². The highest BCUT2D eigenvalue weighted by atomic mass is 16.5. The van der Waals surface area contributed by atoms with Gasteiger partial charge in [0.2, 0.25) is 0 Å². The largest absolute Gasteiger partial charge is 0.508 e. The number of amides is 1. The molecule has 5 heteroatoms. The van der Waals surface area contributed by atoms with Gasteiger partial charge in [0, 0.05) is 12.2 Å². The molecule has 0 spiro atoms. The second kappa shape index (κ2) is 6.10. The first-order valence-corrected chi connectivity index (χ1v) is 5.49. The molecule has 1 amide bonds. The minimum atomic E-state index is -0.314. The molecule has 4 N–H and O–H groups in total. The molecular formula is C12H18N2O3. The Morgan fingerprint density at radius 3 is 2.88 bits per heavy atom. The van der Waals surface area contributed by atoms with E-state index in [4.69, 9.17) is 10.5 Å². The highest BCUT2D eigenvalue weighted by Gasteiger charge is 2.09. The fourth-order valence-electron chi connectivity index (χ4n) is 1.30. The highest BCUT2D eigenvalue weighted by Crippen LogP contribution is 2.17. The maximum absolute atomic E-state index is 11.7. The SMILES string of the molecule is CC(C)OCCNC(=O)c1cc(O)ccc1N. The van der Waals surface area contributed by atoms with E-state index in [1.54, 1.807) is 0 Å². The number of nitrogens with one attached hydrogen (secondary N) is 1. The molecule has 0 unspecified atom stereocenters. The van der Waals surface area contributed by atoms with Crippen molar-refractivity contribution in [2.45, 2.75) is 20.0 Å². The summed E-state index contributed by atoms with van der Waals surface area (Å²) >= 11 is 0. The zero-order valence-electron chi connectivity index (χ0n) is 10.1. The predicted octanol–water partition coefficient (Wildman–Crippen LogP) is 1.13. The first kappa shape index (κ1) is 13.3. The first-order valence-electron chi connectivity index (χ1n) is 5.49. The average Bonchev–Trinajstić information content (AvgIpc) is 2.27. The van der Waals surface area contributed by atoms with Crippen molar-refractivity contribution in [1.29, 1.82) is 0 Å². The Balaban J connectivity index is 2.49. The third-order valence-corrected chi connectivity index (χ3v) is 2.12. The van der Waals surface area contributed by atoms with Crippen molar-refractivity contribution in [2.75, 3.05) is 18.9 Å². The van der Waals surface area contributed by atoms with Crippen LogP contribution in [0.25, 0.3) is 0 Å². The number of carbonyl (C=O) groups excluding carboxylic acids is 1. The van der Waals surface area contributed by atoms with Gasteiger partial charge in [-0.15, -0.1) is 0 Å². The number of anilines is 1. The van der Waals surface area contributed by atoms with E-state index in [0.717, 1.165) is 0 Å². The van der Waals surface area contributed by atoms with E-state index >= 15 is 0 Å². The number of hydrogen-bond donors (Lipinski definition) is 3. The maximum Gasteiger partial charge on any atom is 0.253 e. The number of phenolic OH excluding ortho intramolecular Hbond substituents is 1. The van der Waals surface area contributed by atoms with Crippen LogP contribution in [0.3, 0.4) is 0 Å². The lowest BCUT2D eigenvalue weighted by Crippen LogP contribution is -2.28. The van der Waals surface area contributed by atoms with Gasteiger partial charge < -0.3 is 20.9 Å². The van der Waals surface area contributed by atoms with Crippen LogP contribution in [-0.4, -0.2) is 30.3 Å². The second-order valence-electron chi connectivity index (χ2n) is 3.95. The zero-order valence-corrected chi connectivity index (χ0v) is 10.1. The van der Waals surface area contributed by atoms with Gasteiger partial charge in [-0.1, -0.05) is 0 Å². The second-order valence-corrected chi connectivity index (χ2v) is 3.95. The van der Waals surface area contributed by atoms with Crippen LogP contribution >= 0.6 is 0 Å². The van der Waals surface area contributed by atoms with Crippen LogP contribution in [0.4, 0.5) is 5.69 Å². The van der Waals surface area contributed by atoms with Gasteiger partial charge in [0.05, 0.1) is 18.3 Å². The smallest absolute Gasteiger partial charge is 0.253 e. The van der Waals surface area contributed by atoms with Crippen LogP contribution in [0.5, 0.6) is 5.75 Å². The number of aromatic hydroxyl groups is 1. The molecule has 0 aliphatic heterocycles. The normalized spacial score (nSPS) is 10.5. The summed E-state index contributed by atoms with van der Waals surface area (Å²) in [6.45, 7) is 4.71. The molecule has 0 aromatic heterocycles. The number of rotatable bonds is 5. The van der Waals surface area contributed by atoms with Crippen molar-refractivity contribution < 1.29 is 14.6 Å². The summed E-state index contributed by atoms with van der Waals surface area (Å²) in [5, 5.41) is 11.9. The Hall–Kier alpha value is -1.75. The van der Waals surface area contributed by atoms with Crippen molar-refractivity contribution in [3.63, 3.8) is 0 Å². The number of nitrogens with two attached hydrogens (primary N) is 1. The number of carbonyl (C=O) groups is 1. The summed E-state index contributed by atoms with van der Waals surface area (Å²) < 4.78 is 5.29. The van der Waals surface area contributed by atoms with Crippen molar-refractivity contribution in [2.24, 2.45) is 0 Å². The third kappa shape index (κ3) is 4.32. The van der Waals surface area contributed by atoms with Gasteiger partial charge in [-0.3, -0.25) is 4.79 Å². The van der Waals surface area contributed by atoms with Crippen LogP contribution in [0, 0.1) is 0 Å². The number of ether oxygens (including phenoxy) is 1. The van der Waals surface area contributed by atoms with E-state index < -0.39 is 0 Å². The number of phenols is 1. The Bertz CT molecular complexity index is 391. The predicted molar refractivity (Wildman–Crippen MR) is 65.9 cm³/mol. The molecule has 0 aliphatic rings. The Morgan fingerprint density at radius 1 is 1.53 bits per heavy atom. The number of benzene rings is 1. The van der Waals surface area contributed by atoms with Crippen molar-refractivity contribution in [3.8, 4) is 5.75 Å². The standard InChI is InChI=1S/C12H18N2O3/c1-8(2)17-6-5-14-12(16)10-7-9(15)3-4-11(10)13/h3-4,7-8,15H,5-6,13H2,1-2H3,(H,14,16). The van der Waals surface area contributed by atoms with Gasteiger partial charge >= 0.3 is 0 Å². The summed E-state index contributed by atoms with van der Waals surface area (Å²) in [5.41, 5.74) is 6.25. The lowest BCUT2D eigenvalue weighted by Gasteiger charge is -2.10. The third-order valence-electron chi connectivity index (χ3n) is 2.12. The molecule has 0 radical (unpaired) electrons. The van der Waals surface area contributed by atoms with E-state index in [-0.39, 0.29) is 23.3 Å². The number of nitrogen functional groups attached to an aromatic ring is 1. The van der Waals surface area contributed by atoms with Gasteiger partial charge in [0.15, 0.2) is 0 Å². The summed E-state index contributed by atoms with van der Waals surface area (Å²) in [4.78, 5) is 11.7. The fraction of sp³-hybridized carbons (Fsp3) is 0.417. The number of hydrogen-bond acceptors (Lipinski definition) is 4. The van der Waals surface area contributed by atoms with E-state index in [0.29, 0.717) is 18.8 Å². The van der Waals surface area contributed by atoms with Crippen molar-refractivity contribution >= 4 is 11.6 Å². The first-order chi connectivity index (χ1) is 8.00. The van der Waals surface area contributed by atoms with Gasteiger partial charge in [0.25, 0.3) is 5.91 Å². The fourth-order valence-corrected chi connectivity index (χ4v) is 1.30. The molecule has 0 fully saturated rings. The lowest BCUT2D eigenvalue weighted by molar-refractivity contribution is 0.0747. The molecule has 0 heterocycles. The van der Waals surface area contributed by atoms with E-state index in [9.17, 15) is 9.90 Å². The molecule has 94 valence electrons. The molecule has 1 rings (SSSR count). The summed E-state index contributed by atoms with van der Waals surface area (Å²) in [6.07, 6.45) is 0.137. The van der Waals surface area contributed by atoms with E-state index in [1.807, 2.05) is 13.8 Å². The van der Waals surface area contributed by atoms with Gasteiger partial charge in [-0.25, -0.2) is 0 Å². The minimum Gasteiger partial charge on any atom is -0.508 e. The Kier molecular flexibility index (Phi) is 4.78. The summed E-state index contributed by atoms with van der Waals surface area (Å²) in [6, 6.07) is 4.27. The Labute approximate surface area is 101 Å². The molecule has 5 nitrogen and oxygen atoms in total. The molecule has 1 aromatic carbocycles. The maximum atomic E-state index is 11.7. The van der Waals surface area contributed by atoms with Crippen molar-refractivity contribution in [1.82, 2.24) is 5.32 Å². The molecule has 0 saturated heterocycles. The quantitative estimate of drug-likeness (QED) is 0.408. The van der Waals surface area contributed by atoms with Crippen LogP contribution in [0.15, 0.2) is 18.2 Å². The van der Waals surface area contributed by atoms with E-state index in [2.05, 4.69) is 5.32 Å². The average molecular weight is 238 g/mol. The lowest BCUT2D eigenvalue weighted by atomic mass is 10.1. The van der Waals surface area contributed by atoms with Crippen LogP contribution < -0.4 is 11.1 Å². The Morgan fingerprint density at radius 2 is 2.24 bits per heavy atom. The summed E-state index contributed by atoms with van der Waals surface area (Å²) in [5.74, 6) is -0.298. The van der Waals surface area contributed by atoms with Gasteiger partial charge in [-0.05, 0) is 32.0 Å². The zero-order chi connectivity index (χ0) is 12.8. The molecule has 17 heavy (non-hydrogen) atoms. The van der Waals surface area contributed by atoms with Crippen LogP contribution in [-0.2, 0) is 4.74 Å². The topological polar surface area (TPSA) is 84.6 Å². The van der Waals surface area contributed by atoms with Gasteiger partial charge in [0.1, 0.15) is 5.75 Å². The minimum absolute atomic E-state index is 0.0165. The molecular weight excluding hydrogens is 220 g/mol.